The summed E-state index contributed by atoms with van der Waals surface area (Å²) in [6, 6.07) is 21.6. The molecule has 1 fully saturated rings. The van der Waals surface area contributed by atoms with Crippen molar-refractivity contribution in [3.8, 4) is 11.5 Å². The van der Waals surface area contributed by atoms with Gasteiger partial charge in [0.05, 0.1) is 19.7 Å². The summed E-state index contributed by atoms with van der Waals surface area (Å²) in [6.07, 6.45) is 3.99. The fraction of sp³-hybridized carbons (Fsp3) is 0.333. The summed E-state index contributed by atoms with van der Waals surface area (Å²) in [5.74, 6) is 0.547. The van der Waals surface area contributed by atoms with Crippen molar-refractivity contribution in [3.05, 3.63) is 83.9 Å². The molecular formula is C30H33N5O4. The number of carbonyl (C=O) groups excluding carboxylic acids is 2. The molecule has 0 aliphatic heterocycles. The number of amides is 2. The minimum absolute atomic E-state index is 0.0736. The molecule has 0 saturated heterocycles. The second-order valence-corrected chi connectivity index (χ2v) is 9.74. The van der Waals surface area contributed by atoms with Gasteiger partial charge in [-0.15, -0.1) is 5.10 Å². The number of nitrogens with one attached hydrogen (secondary N) is 1. The minimum atomic E-state index is -0.960. The lowest BCUT2D eigenvalue weighted by Gasteiger charge is -2.33. The Bertz CT molecular complexity index is 1430. The molecule has 0 radical (unpaired) electrons. The Kier molecular flexibility index (Phi) is 8.05. The van der Waals surface area contributed by atoms with Crippen molar-refractivity contribution in [1.29, 1.82) is 0 Å². The number of carbonyl (C=O) groups is 2. The molecule has 1 aliphatic carbocycles. The first kappa shape index (κ1) is 26.2. The van der Waals surface area contributed by atoms with E-state index in [1.807, 2.05) is 54.6 Å². The van der Waals surface area contributed by atoms with E-state index in [1.165, 1.54) is 0 Å². The first-order chi connectivity index (χ1) is 19.1. The van der Waals surface area contributed by atoms with Crippen LogP contribution in [0, 0.1) is 0 Å². The van der Waals surface area contributed by atoms with Gasteiger partial charge in [0, 0.05) is 18.2 Å². The molecule has 0 bridgehead atoms. The van der Waals surface area contributed by atoms with Crippen LogP contribution in [-0.2, 0) is 22.7 Å². The molecule has 2 amide bonds. The van der Waals surface area contributed by atoms with E-state index >= 15 is 0 Å². The van der Waals surface area contributed by atoms with Gasteiger partial charge in [0.15, 0.2) is 0 Å². The van der Waals surface area contributed by atoms with E-state index in [1.54, 1.807) is 42.0 Å². The van der Waals surface area contributed by atoms with Crippen molar-refractivity contribution in [2.45, 2.75) is 50.9 Å². The van der Waals surface area contributed by atoms with Crippen LogP contribution in [0.2, 0.25) is 0 Å². The number of aromatic nitrogens is 3. The second kappa shape index (κ2) is 12.0. The quantitative estimate of drug-likeness (QED) is 0.331. The lowest BCUT2D eigenvalue weighted by Crippen LogP contribution is -2.46. The molecule has 1 saturated carbocycles. The molecule has 9 heteroatoms. The third-order valence-electron chi connectivity index (χ3n) is 7.21. The van der Waals surface area contributed by atoms with Crippen LogP contribution in [-0.4, -0.2) is 52.0 Å². The number of ether oxygens (including phenoxy) is 2. The van der Waals surface area contributed by atoms with Gasteiger partial charge in [0.1, 0.15) is 29.6 Å². The lowest BCUT2D eigenvalue weighted by molar-refractivity contribution is -0.142. The summed E-state index contributed by atoms with van der Waals surface area (Å²) in [4.78, 5) is 29.8. The molecule has 0 spiro atoms. The highest BCUT2D eigenvalue weighted by molar-refractivity contribution is 5.90. The van der Waals surface area contributed by atoms with E-state index in [2.05, 4.69) is 15.6 Å². The predicted molar refractivity (Wildman–Crippen MR) is 147 cm³/mol. The van der Waals surface area contributed by atoms with Crippen LogP contribution < -0.4 is 14.8 Å². The Morgan fingerprint density at radius 3 is 2.49 bits per heavy atom. The molecule has 0 unspecified atom stereocenters. The maximum atomic E-state index is 14.2. The van der Waals surface area contributed by atoms with E-state index in [4.69, 9.17) is 9.47 Å². The van der Waals surface area contributed by atoms with Gasteiger partial charge in [-0.1, -0.05) is 60.5 Å². The number of methoxy groups -OCH3 is 2. The van der Waals surface area contributed by atoms with Gasteiger partial charge in [-0.05, 0) is 48.7 Å². The average Bonchev–Trinajstić information content (AvgIpc) is 3.63. The van der Waals surface area contributed by atoms with Crippen LogP contribution in [0.15, 0.2) is 72.8 Å². The number of fused-ring (bicyclic) bond motifs is 1. The van der Waals surface area contributed by atoms with Crippen LogP contribution >= 0.6 is 0 Å². The molecule has 1 N–H and O–H groups in total. The van der Waals surface area contributed by atoms with Crippen LogP contribution in [0.3, 0.4) is 0 Å². The molecule has 9 nitrogen and oxygen atoms in total. The van der Waals surface area contributed by atoms with E-state index in [-0.39, 0.29) is 30.9 Å². The Morgan fingerprint density at radius 2 is 1.74 bits per heavy atom. The van der Waals surface area contributed by atoms with Gasteiger partial charge in [0.2, 0.25) is 11.8 Å². The van der Waals surface area contributed by atoms with Gasteiger partial charge >= 0.3 is 0 Å². The van der Waals surface area contributed by atoms with E-state index in [0.29, 0.717) is 22.6 Å². The largest absolute Gasteiger partial charge is 0.497 e. The van der Waals surface area contributed by atoms with Crippen molar-refractivity contribution in [2.24, 2.45) is 0 Å². The first-order valence-electron chi connectivity index (χ1n) is 13.2. The standard InChI is InChI=1S/C30H33N5O4/c1-38-23-16-17-27(39-2)24(18-23)29(30(37)31-22-12-6-7-13-22)34(19-21-10-4-3-5-11-21)28(36)20-35-26-15-9-8-14-25(26)32-33-35/h3-5,8-11,14-18,22,29H,6-7,12-13,19-20H2,1-2H3,(H,31,37)/t29-/m1/s1. The predicted octanol–water partition coefficient (Wildman–Crippen LogP) is 4.28. The van der Waals surface area contributed by atoms with Crippen LogP contribution in [0.1, 0.15) is 42.9 Å². The molecule has 5 rings (SSSR count). The third kappa shape index (κ3) is 5.87. The summed E-state index contributed by atoms with van der Waals surface area (Å²) >= 11 is 0. The van der Waals surface area contributed by atoms with Gasteiger partial charge in [-0.2, -0.15) is 0 Å². The van der Waals surface area contributed by atoms with Crippen molar-refractivity contribution in [2.75, 3.05) is 14.2 Å². The number of rotatable bonds is 10. The van der Waals surface area contributed by atoms with Gasteiger partial charge < -0.3 is 19.7 Å². The zero-order chi connectivity index (χ0) is 27.2. The van der Waals surface area contributed by atoms with Crippen molar-refractivity contribution in [1.82, 2.24) is 25.2 Å². The number of para-hydroxylation sites is 1. The number of hydrogen-bond donors (Lipinski definition) is 1. The molecule has 4 aromatic rings. The van der Waals surface area contributed by atoms with Gasteiger partial charge in [-0.25, -0.2) is 4.68 Å². The smallest absolute Gasteiger partial charge is 0.247 e. The molecule has 39 heavy (non-hydrogen) atoms. The highest BCUT2D eigenvalue weighted by Gasteiger charge is 2.36. The van der Waals surface area contributed by atoms with E-state index < -0.39 is 6.04 Å². The normalized spacial score (nSPS) is 14.2. The Labute approximate surface area is 227 Å². The van der Waals surface area contributed by atoms with Crippen molar-refractivity contribution in [3.63, 3.8) is 0 Å². The summed E-state index contributed by atoms with van der Waals surface area (Å²) in [6.45, 7) is 0.141. The number of nitrogens with zero attached hydrogens (tertiary/aromatic N) is 4. The molecule has 3 aromatic carbocycles. The SMILES string of the molecule is COc1ccc(OC)c([C@H](C(=O)NC2CCCC2)N(Cc2ccccc2)C(=O)Cn2nnc3ccccc32)c1. The molecule has 1 heterocycles. The minimum Gasteiger partial charge on any atom is -0.497 e. The molecule has 1 aliphatic rings. The van der Waals surface area contributed by atoms with Gasteiger partial charge in [-0.3, -0.25) is 9.59 Å². The third-order valence-corrected chi connectivity index (χ3v) is 7.21. The van der Waals surface area contributed by atoms with Crippen LogP contribution in [0.25, 0.3) is 11.0 Å². The Morgan fingerprint density at radius 1 is 1.00 bits per heavy atom. The number of benzene rings is 3. The fourth-order valence-corrected chi connectivity index (χ4v) is 5.21. The van der Waals surface area contributed by atoms with E-state index in [9.17, 15) is 9.59 Å². The maximum absolute atomic E-state index is 14.2. The number of hydrogen-bond acceptors (Lipinski definition) is 6. The van der Waals surface area contributed by atoms with Crippen LogP contribution in [0.5, 0.6) is 11.5 Å². The molecule has 1 atom stereocenters. The highest BCUT2D eigenvalue weighted by atomic mass is 16.5. The highest BCUT2D eigenvalue weighted by Crippen LogP contribution is 2.35. The topological polar surface area (TPSA) is 98.6 Å². The summed E-state index contributed by atoms with van der Waals surface area (Å²) in [5, 5.41) is 11.6. The Hall–Kier alpha value is -4.40. The second-order valence-electron chi connectivity index (χ2n) is 9.74. The summed E-state index contributed by atoms with van der Waals surface area (Å²) in [5.41, 5.74) is 2.90. The fourth-order valence-electron chi connectivity index (χ4n) is 5.21. The lowest BCUT2D eigenvalue weighted by atomic mass is 10.0. The van der Waals surface area contributed by atoms with Gasteiger partial charge in [0.25, 0.3) is 0 Å². The molecule has 1 aromatic heterocycles. The Balaban J connectivity index is 1.58. The molecular weight excluding hydrogens is 494 g/mol. The average molecular weight is 528 g/mol. The zero-order valence-electron chi connectivity index (χ0n) is 22.2. The van der Waals surface area contributed by atoms with E-state index in [0.717, 1.165) is 36.8 Å². The van der Waals surface area contributed by atoms with Crippen molar-refractivity contribution >= 4 is 22.8 Å². The van der Waals surface area contributed by atoms with Crippen molar-refractivity contribution < 1.29 is 19.1 Å². The monoisotopic (exact) mass is 527 g/mol. The zero-order valence-corrected chi connectivity index (χ0v) is 22.2. The summed E-state index contributed by atoms with van der Waals surface area (Å²) in [7, 11) is 3.13. The van der Waals surface area contributed by atoms with Crippen LogP contribution in [0.4, 0.5) is 0 Å². The molecule has 202 valence electrons. The summed E-state index contributed by atoms with van der Waals surface area (Å²) < 4.78 is 12.8. The first-order valence-corrected chi connectivity index (χ1v) is 13.2. The maximum Gasteiger partial charge on any atom is 0.247 e.